The zero-order valence-corrected chi connectivity index (χ0v) is 18.7. The molecule has 0 aliphatic carbocycles. The van der Waals surface area contributed by atoms with E-state index in [4.69, 9.17) is 14.5 Å². The first-order valence-electron chi connectivity index (χ1n) is 10.3. The van der Waals surface area contributed by atoms with Crippen LogP contribution in [0.25, 0.3) is 0 Å². The fourth-order valence-electron chi connectivity index (χ4n) is 3.40. The monoisotopic (exact) mass is 395 g/mol. The number of aryl methyl sites for hydroxylation is 1. The SMILES string of the molecule is CCc1ccccc1C(C=Nc1cc(OC(C)C)c(OC)cc1C(C)=O)C(C)C. The van der Waals surface area contributed by atoms with E-state index in [2.05, 4.69) is 45.0 Å². The number of ketones is 1. The van der Waals surface area contributed by atoms with Gasteiger partial charge in [0.1, 0.15) is 0 Å². The standard InChI is InChI=1S/C25H33NO3/c1-8-19-11-9-10-12-20(19)22(16(2)3)15-26-23-14-25(29-17(4)5)24(28-7)13-21(23)18(6)27/h9-17,22H,8H2,1-7H3. The van der Waals surface area contributed by atoms with Gasteiger partial charge in [-0.25, -0.2) is 0 Å². The lowest BCUT2D eigenvalue weighted by molar-refractivity contribution is 0.101. The molecule has 0 saturated carbocycles. The molecule has 4 nitrogen and oxygen atoms in total. The molecule has 156 valence electrons. The summed E-state index contributed by atoms with van der Waals surface area (Å²) >= 11 is 0. The molecule has 0 aromatic heterocycles. The van der Waals surface area contributed by atoms with Crippen molar-refractivity contribution < 1.29 is 14.3 Å². The van der Waals surface area contributed by atoms with Crippen molar-refractivity contribution in [1.82, 2.24) is 0 Å². The molecule has 2 aromatic rings. The minimum absolute atomic E-state index is 0.0104. The molecule has 0 radical (unpaired) electrons. The Morgan fingerprint density at radius 2 is 1.79 bits per heavy atom. The Kier molecular flexibility index (Phi) is 8.00. The Bertz CT molecular complexity index is 868. The summed E-state index contributed by atoms with van der Waals surface area (Å²) in [5, 5.41) is 0. The number of hydrogen-bond donors (Lipinski definition) is 0. The van der Waals surface area contributed by atoms with Crippen LogP contribution in [0.15, 0.2) is 41.4 Å². The molecule has 0 saturated heterocycles. The van der Waals surface area contributed by atoms with Crippen molar-refractivity contribution in [2.24, 2.45) is 10.9 Å². The summed E-state index contributed by atoms with van der Waals surface area (Å²) in [6.07, 6.45) is 2.93. The highest BCUT2D eigenvalue weighted by molar-refractivity contribution is 6.00. The molecular weight excluding hydrogens is 362 g/mol. The molecule has 0 heterocycles. The molecule has 0 bridgehead atoms. The van der Waals surface area contributed by atoms with Gasteiger partial charge in [0.25, 0.3) is 0 Å². The molecule has 0 fully saturated rings. The van der Waals surface area contributed by atoms with E-state index < -0.39 is 0 Å². The maximum atomic E-state index is 12.2. The fraction of sp³-hybridized carbons (Fsp3) is 0.440. The van der Waals surface area contributed by atoms with Crippen LogP contribution in [0.1, 0.15) is 68.9 Å². The molecular formula is C25H33NO3. The number of ether oxygens (including phenoxy) is 2. The number of hydrogen-bond acceptors (Lipinski definition) is 4. The molecule has 0 aliphatic heterocycles. The Labute approximate surface area is 175 Å². The van der Waals surface area contributed by atoms with Crippen LogP contribution < -0.4 is 9.47 Å². The second-order valence-electron chi connectivity index (χ2n) is 7.84. The number of rotatable bonds is 9. The number of carbonyl (C=O) groups excluding carboxylic acids is 1. The highest BCUT2D eigenvalue weighted by Gasteiger charge is 2.19. The zero-order chi connectivity index (χ0) is 21.6. The van der Waals surface area contributed by atoms with Crippen LogP contribution in [0.2, 0.25) is 0 Å². The largest absolute Gasteiger partial charge is 0.493 e. The number of Topliss-reactive ketones (excluding diaryl/α,β-unsaturated/α-hetero) is 1. The van der Waals surface area contributed by atoms with Gasteiger partial charge in [-0.1, -0.05) is 45.0 Å². The first-order chi connectivity index (χ1) is 13.8. The van der Waals surface area contributed by atoms with Crippen molar-refractivity contribution in [1.29, 1.82) is 0 Å². The van der Waals surface area contributed by atoms with E-state index in [0.717, 1.165) is 6.42 Å². The summed E-state index contributed by atoms with van der Waals surface area (Å²) in [5.74, 6) is 1.61. The van der Waals surface area contributed by atoms with Crippen molar-refractivity contribution in [3.8, 4) is 11.5 Å². The third-order valence-electron chi connectivity index (χ3n) is 4.91. The predicted molar refractivity (Wildman–Crippen MR) is 120 cm³/mol. The van der Waals surface area contributed by atoms with E-state index in [1.165, 1.54) is 11.1 Å². The van der Waals surface area contributed by atoms with E-state index in [-0.39, 0.29) is 17.8 Å². The molecule has 2 aromatic carbocycles. The van der Waals surface area contributed by atoms with Crippen LogP contribution in [-0.4, -0.2) is 25.2 Å². The minimum atomic E-state index is -0.0541. The first kappa shape index (κ1) is 22.7. The highest BCUT2D eigenvalue weighted by atomic mass is 16.5. The second kappa shape index (κ2) is 10.2. The molecule has 1 atom stereocenters. The lowest BCUT2D eigenvalue weighted by atomic mass is 9.86. The Hall–Kier alpha value is -2.62. The van der Waals surface area contributed by atoms with E-state index in [1.54, 1.807) is 26.2 Å². The lowest BCUT2D eigenvalue weighted by Gasteiger charge is -2.20. The average molecular weight is 396 g/mol. The normalized spacial score (nSPS) is 12.6. The lowest BCUT2D eigenvalue weighted by Crippen LogP contribution is -2.11. The van der Waals surface area contributed by atoms with Gasteiger partial charge in [-0.3, -0.25) is 9.79 Å². The van der Waals surface area contributed by atoms with Gasteiger partial charge in [0.05, 0.1) is 18.9 Å². The van der Waals surface area contributed by atoms with Gasteiger partial charge in [-0.05, 0) is 50.3 Å². The highest BCUT2D eigenvalue weighted by Crippen LogP contribution is 2.36. The quantitative estimate of drug-likeness (QED) is 0.365. The number of nitrogens with zero attached hydrogens (tertiary/aromatic N) is 1. The van der Waals surface area contributed by atoms with E-state index in [0.29, 0.717) is 28.7 Å². The Morgan fingerprint density at radius 3 is 2.34 bits per heavy atom. The van der Waals surface area contributed by atoms with E-state index in [9.17, 15) is 4.79 Å². The molecule has 4 heteroatoms. The van der Waals surface area contributed by atoms with Crippen LogP contribution in [0.4, 0.5) is 5.69 Å². The number of aliphatic imine (C=N–C) groups is 1. The zero-order valence-electron chi connectivity index (χ0n) is 18.7. The number of methoxy groups -OCH3 is 1. The van der Waals surface area contributed by atoms with Crippen molar-refractivity contribution in [3.63, 3.8) is 0 Å². The predicted octanol–water partition coefficient (Wildman–Crippen LogP) is 6.39. The van der Waals surface area contributed by atoms with Crippen LogP contribution in [-0.2, 0) is 6.42 Å². The number of benzene rings is 2. The minimum Gasteiger partial charge on any atom is -0.493 e. The molecule has 0 aliphatic rings. The maximum absolute atomic E-state index is 12.2. The maximum Gasteiger partial charge on any atom is 0.163 e. The van der Waals surface area contributed by atoms with Crippen LogP contribution in [0.5, 0.6) is 11.5 Å². The van der Waals surface area contributed by atoms with Crippen LogP contribution in [0.3, 0.4) is 0 Å². The topological polar surface area (TPSA) is 47.9 Å². The van der Waals surface area contributed by atoms with Crippen LogP contribution >= 0.6 is 0 Å². The van der Waals surface area contributed by atoms with Gasteiger partial charge in [0.15, 0.2) is 17.3 Å². The summed E-state index contributed by atoms with van der Waals surface area (Å²) in [4.78, 5) is 17.0. The molecule has 29 heavy (non-hydrogen) atoms. The fourth-order valence-corrected chi connectivity index (χ4v) is 3.40. The van der Waals surface area contributed by atoms with Gasteiger partial charge >= 0.3 is 0 Å². The van der Waals surface area contributed by atoms with Crippen molar-refractivity contribution in [2.75, 3.05) is 7.11 Å². The first-order valence-corrected chi connectivity index (χ1v) is 10.3. The van der Waals surface area contributed by atoms with Gasteiger partial charge in [0, 0.05) is 23.8 Å². The Morgan fingerprint density at radius 1 is 1.10 bits per heavy atom. The van der Waals surface area contributed by atoms with Gasteiger partial charge in [0.2, 0.25) is 0 Å². The summed E-state index contributed by atoms with van der Waals surface area (Å²) in [7, 11) is 1.58. The molecule has 0 N–H and O–H groups in total. The van der Waals surface area contributed by atoms with Crippen molar-refractivity contribution in [2.45, 2.75) is 60.0 Å². The third-order valence-corrected chi connectivity index (χ3v) is 4.91. The van der Waals surface area contributed by atoms with Gasteiger partial charge < -0.3 is 9.47 Å². The summed E-state index contributed by atoms with van der Waals surface area (Å²) < 4.78 is 11.3. The molecule has 0 spiro atoms. The van der Waals surface area contributed by atoms with Gasteiger partial charge in [-0.2, -0.15) is 0 Å². The van der Waals surface area contributed by atoms with Crippen molar-refractivity contribution >= 4 is 17.7 Å². The Balaban J connectivity index is 2.53. The average Bonchev–Trinajstić information content (AvgIpc) is 2.67. The summed E-state index contributed by atoms with van der Waals surface area (Å²) in [6.45, 7) is 12.0. The second-order valence-corrected chi connectivity index (χ2v) is 7.84. The summed E-state index contributed by atoms with van der Waals surface area (Å²) in [5.41, 5.74) is 3.74. The molecule has 0 amide bonds. The third kappa shape index (κ3) is 5.69. The molecule has 1 unspecified atom stereocenters. The number of carbonyl (C=O) groups is 1. The van der Waals surface area contributed by atoms with Gasteiger partial charge in [-0.15, -0.1) is 0 Å². The van der Waals surface area contributed by atoms with Crippen molar-refractivity contribution in [3.05, 3.63) is 53.1 Å². The van der Waals surface area contributed by atoms with Crippen LogP contribution in [0, 0.1) is 5.92 Å². The smallest absolute Gasteiger partial charge is 0.163 e. The van der Waals surface area contributed by atoms with E-state index >= 15 is 0 Å². The summed E-state index contributed by atoms with van der Waals surface area (Å²) in [6, 6.07) is 12.0. The molecule has 2 rings (SSSR count). The van der Waals surface area contributed by atoms with E-state index in [1.807, 2.05) is 20.1 Å².